The van der Waals surface area contributed by atoms with Gasteiger partial charge in [0, 0.05) is 30.0 Å². The standard InChI is InChI=1S/C13H12N2O4/c14-9-5-8(15-19-9)10-6-1-3-18-13(6)11(16)7-2-4-17-12(7)10/h5,16H,1-4,14H2. The first-order valence-corrected chi connectivity index (χ1v) is 6.14. The molecule has 3 N–H and O–H groups in total. The summed E-state index contributed by atoms with van der Waals surface area (Å²) in [5.74, 6) is 1.67. The van der Waals surface area contributed by atoms with Crippen LogP contribution in [0.5, 0.6) is 17.2 Å². The summed E-state index contributed by atoms with van der Waals surface area (Å²) in [5.41, 5.74) is 8.72. The summed E-state index contributed by atoms with van der Waals surface area (Å²) in [6.45, 7) is 1.10. The van der Waals surface area contributed by atoms with Gasteiger partial charge in [-0.15, -0.1) is 0 Å². The third kappa shape index (κ3) is 1.34. The molecule has 1 aromatic heterocycles. The monoisotopic (exact) mass is 260 g/mol. The smallest absolute Gasteiger partial charge is 0.222 e. The summed E-state index contributed by atoms with van der Waals surface area (Å²) >= 11 is 0. The first kappa shape index (κ1) is 10.5. The Kier molecular flexibility index (Phi) is 1.98. The number of hydrogen-bond acceptors (Lipinski definition) is 6. The van der Waals surface area contributed by atoms with Gasteiger partial charge in [0.1, 0.15) is 11.4 Å². The largest absolute Gasteiger partial charge is 0.504 e. The quantitative estimate of drug-likeness (QED) is 0.807. The van der Waals surface area contributed by atoms with Gasteiger partial charge in [-0.05, 0) is 0 Å². The van der Waals surface area contributed by atoms with E-state index in [4.69, 9.17) is 19.7 Å². The van der Waals surface area contributed by atoms with E-state index in [1.54, 1.807) is 6.07 Å². The zero-order valence-corrected chi connectivity index (χ0v) is 10.1. The molecule has 3 heterocycles. The van der Waals surface area contributed by atoms with E-state index in [0.717, 1.165) is 16.7 Å². The fraction of sp³-hybridized carbons (Fsp3) is 0.308. The van der Waals surface area contributed by atoms with Crippen LogP contribution in [0.1, 0.15) is 11.1 Å². The number of ether oxygens (including phenoxy) is 2. The second-order valence-corrected chi connectivity index (χ2v) is 4.65. The summed E-state index contributed by atoms with van der Waals surface area (Å²) in [6, 6.07) is 1.66. The Bertz CT molecular complexity index is 643. The van der Waals surface area contributed by atoms with Crippen molar-refractivity contribution in [1.82, 2.24) is 5.16 Å². The topological polar surface area (TPSA) is 90.7 Å². The summed E-state index contributed by atoms with van der Waals surface area (Å²) < 4.78 is 16.1. The predicted molar refractivity (Wildman–Crippen MR) is 66.4 cm³/mol. The summed E-state index contributed by atoms with van der Waals surface area (Å²) in [4.78, 5) is 0. The molecule has 0 saturated carbocycles. The van der Waals surface area contributed by atoms with Crippen molar-refractivity contribution in [3.8, 4) is 28.5 Å². The minimum Gasteiger partial charge on any atom is -0.504 e. The molecule has 6 heteroatoms. The van der Waals surface area contributed by atoms with E-state index in [-0.39, 0.29) is 11.6 Å². The van der Waals surface area contributed by atoms with E-state index in [2.05, 4.69) is 5.16 Å². The molecule has 0 aliphatic carbocycles. The fourth-order valence-electron chi connectivity index (χ4n) is 2.76. The third-order valence-electron chi connectivity index (χ3n) is 3.56. The number of nitrogen functional groups attached to an aromatic ring is 1. The highest BCUT2D eigenvalue weighted by molar-refractivity contribution is 5.81. The van der Waals surface area contributed by atoms with Crippen molar-refractivity contribution in [2.45, 2.75) is 12.8 Å². The van der Waals surface area contributed by atoms with Crippen molar-refractivity contribution in [3.63, 3.8) is 0 Å². The number of nitrogens with zero attached hydrogens (tertiary/aromatic N) is 1. The highest BCUT2D eigenvalue weighted by Gasteiger charge is 2.33. The maximum atomic E-state index is 10.2. The van der Waals surface area contributed by atoms with Crippen LogP contribution in [0.15, 0.2) is 10.6 Å². The zero-order valence-electron chi connectivity index (χ0n) is 10.1. The van der Waals surface area contributed by atoms with E-state index < -0.39 is 0 Å². The number of aromatic hydroxyl groups is 1. The van der Waals surface area contributed by atoms with E-state index in [1.165, 1.54) is 0 Å². The molecule has 0 amide bonds. The molecule has 19 heavy (non-hydrogen) atoms. The van der Waals surface area contributed by atoms with Crippen molar-refractivity contribution in [1.29, 1.82) is 0 Å². The number of phenols is 1. The molecule has 0 saturated heterocycles. The summed E-state index contributed by atoms with van der Waals surface area (Å²) in [5, 5.41) is 14.2. The molecule has 0 fully saturated rings. The molecule has 0 bridgehead atoms. The van der Waals surface area contributed by atoms with Crippen LogP contribution in [-0.4, -0.2) is 23.5 Å². The average molecular weight is 260 g/mol. The van der Waals surface area contributed by atoms with Crippen molar-refractivity contribution >= 4 is 5.88 Å². The predicted octanol–water partition coefficient (Wildman–Crippen LogP) is 1.50. The highest BCUT2D eigenvalue weighted by Crippen LogP contribution is 2.52. The van der Waals surface area contributed by atoms with Crippen LogP contribution in [0.25, 0.3) is 11.3 Å². The van der Waals surface area contributed by atoms with Crippen molar-refractivity contribution in [3.05, 3.63) is 17.2 Å². The molecule has 4 rings (SSSR count). The SMILES string of the molecule is Nc1cc(-c2c3c(c(O)c4c2OCC4)OCC3)no1. The number of nitrogens with two attached hydrogens (primary N) is 1. The van der Waals surface area contributed by atoms with Gasteiger partial charge in [0.05, 0.1) is 18.8 Å². The van der Waals surface area contributed by atoms with Crippen molar-refractivity contribution in [2.24, 2.45) is 0 Å². The molecule has 2 aromatic rings. The van der Waals surface area contributed by atoms with Crippen molar-refractivity contribution in [2.75, 3.05) is 18.9 Å². The van der Waals surface area contributed by atoms with Gasteiger partial charge in [-0.1, -0.05) is 5.16 Å². The van der Waals surface area contributed by atoms with E-state index in [9.17, 15) is 5.11 Å². The number of benzene rings is 1. The molecule has 2 aliphatic rings. The number of phenolic OH excluding ortho intramolecular Hbond substituents is 1. The lowest BCUT2D eigenvalue weighted by Crippen LogP contribution is -1.93. The Labute approximate surface area is 108 Å². The van der Waals surface area contributed by atoms with Crippen molar-refractivity contribution < 1.29 is 19.1 Å². The maximum Gasteiger partial charge on any atom is 0.222 e. The lowest BCUT2D eigenvalue weighted by atomic mass is 9.96. The zero-order chi connectivity index (χ0) is 13.0. The normalized spacial score (nSPS) is 15.8. The molecule has 6 nitrogen and oxygen atoms in total. The molecular formula is C13H12N2O4. The number of aromatic nitrogens is 1. The highest BCUT2D eigenvalue weighted by atomic mass is 16.5. The van der Waals surface area contributed by atoms with Gasteiger partial charge < -0.3 is 24.8 Å². The third-order valence-corrected chi connectivity index (χ3v) is 3.56. The second kappa shape index (κ2) is 3.57. The number of anilines is 1. The summed E-state index contributed by atoms with van der Waals surface area (Å²) in [6.07, 6.45) is 1.37. The van der Waals surface area contributed by atoms with Crippen LogP contribution in [0.3, 0.4) is 0 Å². The van der Waals surface area contributed by atoms with Gasteiger partial charge in [0.25, 0.3) is 0 Å². The van der Waals surface area contributed by atoms with Crippen LogP contribution in [0, 0.1) is 0 Å². The molecule has 0 spiro atoms. The minimum atomic E-state index is 0.195. The second-order valence-electron chi connectivity index (χ2n) is 4.65. The lowest BCUT2D eigenvalue weighted by molar-refractivity contribution is 0.333. The van der Waals surface area contributed by atoms with Crippen LogP contribution >= 0.6 is 0 Å². The summed E-state index contributed by atoms with van der Waals surface area (Å²) in [7, 11) is 0. The minimum absolute atomic E-state index is 0.195. The Morgan fingerprint density at radius 3 is 2.58 bits per heavy atom. The van der Waals surface area contributed by atoms with E-state index >= 15 is 0 Å². The molecule has 0 unspecified atom stereocenters. The van der Waals surface area contributed by atoms with Gasteiger partial charge in [-0.3, -0.25) is 0 Å². The van der Waals surface area contributed by atoms with E-state index in [0.29, 0.717) is 43.2 Å². The molecule has 0 radical (unpaired) electrons. The van der Waals surface area contributed by atoms with Gasteiger partial charge in [-0.2, -0.15) is 0 Å². The fourth-order valence-corrected chi connectivity index (χ4v) is 2.76. The lowest BCUT2D eigenvalue weighted by Gasteiger charge is -2.12. The number of fused-ring (bicyclic) bond motifs is 2. The number of rotatable bonds is 1. The van der Waals surface area contributed by atoms with E-state index in [1.807, 2.05) is 0 Å². The van der Waals surface area contributed by atoms with Crippen LogP contribution in [0.2, 0.25) is 0 Å². The van der Waals surface area contributed by atoms with Gasteiger partial charge in [0.15, 0.2) is 11.5 Å². The number of hydrogen-bond donors (Lipinski definition) is 2. The first-order chi connectivity index (χ1) is 9.25. The van der Waals surface area contributed by atoms with Gasteiger partial charge >= 0.3 is 0 Å². The van der Waals surface area contributed by atoms with Crippen LogP contribution in [-0.2, 0) is 12.8 Å². The molecule has 1 aromatic carbocycles. The first-order valence-electron chi connectivity index (χ1n) is 6.14. The molecule has 0 atom stereocenters. The van der Waals surface area contributed by atoms with Gasteiger partial charge in [0.2, 0.25) is 5.88 Å². The Morgan fingerprint density at radius 2 is 1.84 bits per heavy atom. The van der Waals surface area contributed by atoms with Gasteiger partial charge in [-0.25, -0.2) is 0 Å². The molecule has 2 aliphatic heterocycles. The molecular weight excluding hydrogens is 248 g/mol. The molecule has 98 valence electrons. The van der Waals surface area contributed by atoms with Crippen LogP contribution < -0.4 is 15.2 Å². The maximum absolute atomic E-state index is 10.2. The average Bonchev–Trinajstić information content (AvgIpc) is 3.09. The Morgan fingerprint density at radius 1 is 1.11 bits per heavy atom. The Balaban J connectivity index is 2.05. The van der Waals surface area contributed by atoms with Crippen LogP contribution in [0.4, 0.5) is 5.88 Å². The Hall–Kier alpha value is -2.37.